The number of carbonyl (C=O) groups is 1. The predicted molar refractivity (Wildman–Crippen MR) is 68.7 cm³/mol. The molecule has 0 radical (unpaired) electrons. The number of methoxy groups -OCH3 is 1. The molecule has 1 amide bonds. The zero-order valence-corrected chi connectivity index (χ0v) is 10.2. The normalized spacial score (nSPS) is 10.1. The summed E-state index contributed by atoms with van der Waals surface area (Å²) < 4.78 is 5.12. The van der Waals surface area contributed by atoms with Gasteiger partial charge in [-0.3, -0.25) is 9.89 Å². The number of aromatic amines is 1. The molecule has 0 atom stereocenters. The van der Waals surface area contributed by atoms with Crippen molar-refractivity contribution in [2.45, 2.75) is 6.92 Å². The summed E-state index contributed by atoms with van der Waals surface area (Å²) in [6.45, 7) is 1.78. The summed E-state index contributed by atoms with van der Waals surface area (Å²) in [5.41, 5.74) is 7.33. The van der Waals surface area contributed by atoms with Gasteiger partial charge in [0.15, 0.2) is 5.82 Å². The van der Waals surface area contributed by atoms with Crippen molar-refractivity contribution >= 4 is 17.4 Å². The smallest absolute Gasteiger partial charge is 0.260 e. The lowest BCUT2D eigenvalue weighted by Gasteiger charge is -2.07. The highest BCUT2D eigenvalue weighted by Gasteiger charge is 2.15. The summed E-state index contributed by atoms with van der Waals surface area (Å²) in [6, 6.07) is 6.94. The Balaban J connectivity index is 2.25. The number of nitrogen functional groups attached to an aromatic ring is 1. The molecule has 0 bridgehead atoms. The van der Waals surface area contributed by atoms with Crippen molar-refractivity contribution in [2.24, 2.45) is 0 Å². The van der Waals surface area contributed by atoms with Gasteiger partial charge in [0.25, 0.3) is 5.91 Å². The van der Waals surface area contributed by atoms with Gasteiger partial charge in [-0.25, -0.2) is 0 Å². The van der Waals surface area contributed by atoms with Crippen molar-refractivity contribution in [2.75, 3.05) is 18.2 Å². The summed E-state index contributed by atoms with van der Waals surface area (Å²) in [7, 11) is 1.51. The number of anilines is 2. The van der Waals surface area contributed by atoms with E-state index in [-0.39, 0.29) is 5.91 Å². The van der Waals surface area contributed by atoms with Crippen molar-refractivity contribution in [3.63, 3.8) is 0 Å². The van der Waals surface area contributed by atoms with Crippen LogP contribution in [0.3, 0.4) is 0 Å². The topological polar surface area (TPSA) is 93.0 Å². The second-order valence-corrected chi connectivity index (χ2v) is 3.77. The Bertz CT molecular complexity index is 577. The predicted octanol–water partition coefficient (Wildman–Crippen LogP) is 1.56. The molecule has 0 aliphatic carbocycles. The lowest BCUT2D eigenvalue weighted by molar-refractivity contribution is 0.102. The van der Waals surface area contributed by atoms with E-state index in [1.807, 2.05) is 0 Å². The Labute approximate surface area is 104 Å². The Morgan fingerprint density at radius 2 is 2.17 bits per heavy atom. The third kappa shape index (κ3) is 2.13. The van der Waals surface area contributed by atoms with Crippen LogP contribution in [0.15, 0.2) is 24.3 Å². The van der Waals surface area contributed by atoms with Crippen LogP contribution in [-0.4, -0.2) is 23.2 Å². The SMILES string of the molecule is COc1ccccc1C(=O)Nc1n[nH]c(C)c1N. The average molecular weight is 246 g/mol. The maximum Gasteiger partial charge on any atom is 0.260 e. The molecule has 0 aliphatic rings. The highest BCUT2D eigenvalue weighted by Crippen LogP contribution is 2.22. The molecule has 0 spiro atoms. The Kier molecular flexibility index (Phi) is 3.18. The summed E-state index contributed by atoms with van der Waals surface area (Å²) in [5, 5.41) is 9.25. The van der Waals surface area contributed by atoms with Gasteiger partial charge >= 0.3 is 0 Å². The molecule has 0 fully saturated rings. The first kappa shape index (κ1) is 12.0. The maximum atomic E-state index is 12.1. The minimum atomic E-state index is -0.314. The number of aryl methyl sites for hydroxylation is 1. The Morgan fingerprint density at radius 1 is 1.44 bits per heavy atom. The molecule has 6 heteroatoms. The van der Waals surface area contributed by atoms with E-state index >= 15 is 0 Å². The monoisotopic (exact) mass is 246 g/mol. The van der Waals surface area contributed by atoms with E-state index in [1.165, 1.54) is 7.11 Å². The van der Waals surface area contributed by atoms with Gasteiger partial charge in [0.1, 0.15) is 5.75 Å². The molecule has 1 heterocycles. The molecule has 2 rings (SSSR count). The second-order valence-electron chi connectivity index (χ2n) is 3.77. The molecule has 94 valence electrons. The van der Waals surface area contributed by atoms with E-state index in [0.717, 1.165) is 0 Å². The zero-order valence-electron chi connectivity index (χ0n) is 10.2. The molecule has 1 aromatic heterocycles. The molecule has 0 saturated heterocycles. The highest BCUT2D eigenvalue weighted by molar-refractivity contribution is 6.06. The number of H-pyrrole nitrogens is 1. The highest BCUT2D eigenvalue weighted by atomic mass is 16.5. The van der Waals surface area contributed by atoms with E-state index in [0.29, 0.717) is 28.5 Å². The number of rotatable bonds is 3. The number of benzene rings is 1. The van der Waals surface area contributed by atoms with E-state index in [1.54, 1.807) is 31.2 Å². The third-order valence-electron chi connectivity index (χ3n) is 2.58. The lowest BCUT2D eigenvalue weighted by atomic mass is 10.2. The number of ether oxygens (including phenoxy) is 1. The third-order valence-corrected chi connectivity index (χ3v) is 2.58. The number of nitrogens with two attached hydrogens (primary N) is 1. The van der Waals surface area contributed by atoms with E-state index in [9.17, 15) is 4.79 Å². The van der Waals surface area contributed by atoms with Gasteiger partial charge in [-0.1, -0.05) is 12.1 Å². The van der Waals surface area contributed by atoms with Crippen LogP contribution >= 0.6 is 0 Å². The Morgan fingerprint density at radius 3 is 2.78 bits per heavy atom. The first-order chi connectivity index (χ1) is 8.63. The second kappa shape index (κ2) is 4.79. The molecular weight excluding hydrogens is 232 g/mol. The molecule has 0 unspecified atom stereocenters. The number of hydrogen-bond donors (Lipinski definition) is 3. The van der Waals surface area contributed by atoms with Gasteiger partial charge in [-0.15, -0.1) is 0 Å². The molecule has 18 heavy (non-hydrogen) atoms. The van der Waals surface area contributed by atoms with E-state index < -0.39 is 0 Å². The van der Waals surface area contributed by atoms with Crippen LogP contribution in [0.5, 0.6) is 5.75 Å². The molecule has 2 aromatic rings. The number of aromatic nitrogens is 2. The van der Waals surface area contributed by atoms with Crippen molar-refractivity contribution in [1.82, 2.24) is 10.2 Å². The van der Waals surface area contributed by atoms with Crippen LogP contribution in [0.2, 0.25) is 0 Å². The number of nitrogens with zero attached hydrogens (tertiary/aromatic N) is 1. The van der Waals surface area contributed by atoms with Gasteiger partial charge in [0, 0.05) is 0 Å². The standard InChI is InChI=1S/C12H14N4O2/c1-7-10(13)11(16-15-7)14-12(17)8-5-3-4-6-9(8)18-2/h3-6H,13H2,1-2H3,(H2,14,15,16,17). The van der Waals surface area contributed by atoms with Gasteiger partial charge in [0.05, 0.1) is 24.1 Å². The maximum absolute atomic E-state index is 12.1. The zero-order chi connectivity index (χ0) is 13.1. The van der Waals surface area contributed by atoms with Crippen LogP contribution in [0.1, 0.15) is 16.1 Å². The fraction of sp³-hybridized carbons (Fsp3) is 0.167. The van der Waals surface area contributed by atoms with Crippen LogP contribution in [-0.2, 0) is 0 Å². The fourth-order valence-corrected chi connectivity index (χ4v) is 1.54. The van der Waals surface area contributed by atoms with E-state index in [4.69, 9.17) is 10.5 Å². The van der Waals surface area contributed by atoms with Gasteiger partial charge < -0.3 is 15.8 Å². The summed E-state index contributed by atoms with van der Waals surface area (Å²) in [5.74, 6) is 0.509. The number of carbonyl (C=O) groups excluding carboxylic acids is 1. The van der Waals surface area contributed by atoms with E-state index in [2.05, 4.69) is 15.5 Å². The lowest BCUT2D eigenvalue weighted by Crippen LogP contribution is -2.14. The molecule has 0 aliphatic heterocycles. The summed E-state index contributed by atoms with van der Waals surface area (Å²) >= 11 is 0. The Hall–Kier alpha value is -2.50. The molecule has 4 N–H and O–H groups in total. The minimum absolute atomic E-state index is 0.314. The molecule has 1 aromatic carbocycles. The van der Waals surface area contributed by atoms with Crippen LogP contribution < -0.4 is 15.8 Å². The van der Waals surface area contributed by atoms with Crippen LogP contribution in [0.25, 0.3) is 0 Å². The number of hydrogen-bond acceptors (Lipinski definition) is 4. The molecular formula is C12H14N4O2. The fourth-order valence-electron chi connectivity index (χ4n) is 1.54. The summed E-state index contributed by atoms with van der Waals surface area (Å²) in [6.07, 6.45) is 0. The van der Waals surface area contributed by atoms with Gasteiger partial charge in [0.2, 0.25) is 0 Å². The largest absolute Gasteiger partial charge is 0.496 e. The quantitative estimate of drug-likeness (QED) is 0.766. The van der Waals surface area contributed by atoms with Gasteiger partial charge in [-0.05, 0) is 19.1 Å². The van der Waals surface area contributed by atoms with Crippen molar-refractivity contribution in [3.8, 4) is 5.75 Å². The van der Waals surface area contributed by atoms with Crippen molar-refractivity contribution in [3.05, 3.63) is 35.5 Å². The summed E-state index contributed by atoms with van der Waals surface area (Å²) in [4.78, 5) is 12.1. The van der Waals surface area contributed by atoms with Crippen molar-refractivity contribution in [1.29, 1.82) is 0 Å². The average Bonchev–Trinajstić information content (AvgIpc) is 2.70. The van der Waals surface area contributed by atoms with Crippen LogP contribution in [0.4, 0.5) is 11.5 Å². The van der Waals surface area contributed by atoms with Gasteiger partial charge in [-0.2, -0.15) is 5.10 Å². The molecule has 0 saturated carbocycles. The first-order valence-electron chi connectivity index (χ1n) is 5.38. The molecule has 6 nitrogen and oxygen atoms in total. The van der Waals surface area contributed by atoms with Crippen LogP contribution in [0, 0.1) is 6.92 Å². The first-order valence-corrected chi connectivity index (χ1v) is 5.38. The minimum Gasteiger partial charge on any atom is -0.496 e. The number of nitrogens with one attached hydrogen (secondary N) is 2. The number of amides is 1. The van der Waals surface area contributed by atoms with Crippen molar-refractivity contribution < 1.29 is 9.53 Å². The number of para-hydroxylation sites is 1.